The van der Waals surface area contributed by atoms with Crippen molar-refractivity contribution in [2.24, 2.45) is 11.8 Å². The Morgan fingerprint density at radius 2 is 1.22 bits per heavy atom. The Morgan fingerprint density at radius 1 is 0.676 bits per heavy atom. The Hall–Kier alpha value is -3.13. The molecule has 7 rings (SSSR count). The molecule has 37 heavy (non-hydrogen) atoms. The van der Waals surface area contributed by atoms with Crippen LogP contribution in [-0.2, 0) is 12.8 Å². The molecule has 3 atom stereocenters. The molecule has 4 heteroatoms. The van der Waals surface area contributed by atoms with Gasteiger partial charge >= 0.3 is 0 Å². The van der Waals surface area contributed by atoms with Crippen LogP contribution < -0.4 is 25.4 Å². The Kier molecular flexibility index (Phi) is 5.61. The molecule has 186 valence electrons. The molecule has 4 aromatic carbocycles. The number of benzene rings is 4. The number of rotatable bonds is 3. The zero-order chi connectivity index (χ0) is 25.0. The summed E-state index contributed by atoms with van der Waals surface area (Å²) >= 11 is 0. The molecule has 3 aliphatic heterocycles. The third-order valence-electron chi connectivity index (χ3n) is 8.30. The second kappa shape index (κ2) is 9.01. The summed E-state index contributed by atoms with van der Waals surface area (Å²) in [5, 5.41) is 3.96. The Morgan fingerprint density at radius 3 is 1.84 bits per heavy atom. The average Bonchev–Trinajstić information content (AvgIpc) is 2.92. The first-order valence-electron chi connectivity index (χ1n) is 13.3. The van der Waals surface area contributed by atoms with Crippen LogP contribution in [0.5, 0.6) is 11.5 Å². The minimum atomic E-state index is -0.772. The molecule has 0 amide bonds. The lowest BCUT2D eigenvalue weighted by Gasteiger charge is -2.55. The minimum Gasteiger partial charge on any atom is -0.451 e. The second-order valence-corrected chi connectivity index (χ2v) is 13.0. The molecule has 1 spiro atoms. The van der Waals surface area contributed by atoms with Gasteiger partial charge < -0.3 is 14.4 Å². The van der Waals surface area contributed by atoms with Gasteiger partial charge in [0, 0.05) is 18.4 Å². The smallest absolute Gasteiger partial charge is 0.259 e. The van der Waals surface area contributed by atoms with Crippen LogP contribution in [0.2, 0.25) is 0 Å². The first kappa shape index (κ1) is 23.0. The molecule has 0 aliphatic carbocycles. The van der Waals surface area contributed by atoms with Crippen LogP contribution in [0.15, 0.2) is 97.1 Å². The monoisotopic (exact) mass is 505 g/mol. The van der Waals surface area contributed by atoms with E-state index in [0.717, 1.165) is 37.4 Å². The number of hydrogen-bond acceptors (Lipinski definition) is 3. The van der Waals surface area contributed by atoms with Gasteiger partial charge in [0.2, 0.25) is 0 Å². The van der Waals surface area contributed by atoms with Crippen molar-refractivity contribution in [3.8, 4) is 11.5 Å². The highest BCUT2D eigenvalue weighted by molar-refractivity contribution is 7.80. The predicted molar refractivity (Wildman–Crippen MR) is 152 cm³/mol. The van der Waals surface area contributed by atoms with Crippen LogP contribution >= 0.6 is 7.92 Å². The largest absolute Gasteiger partial charge is 0.451 e. The molecule has 0 N–H and O–H groups in total. The molecule has 0 aromatic heterocycles. The van der Waals surface area contributed by atoms with Crippen molar-refractivity contribution in [3.05, 3.63) is 114 Å². The van der Waals surface area contributed by atoms with Crippen LogP contribution in [0.3, 0.4) is 0 Å². The molecule has 0 unspecified atom stereocenters. The van der Waals surface area contributed by atoms with Gasteiger partial charge in [0.05, 0.1) is 11.8 Å². The summed E-state index contributed by atoms with van der Waals surface area (Å²) in [6.45, 7) is 4.12. The summed E-state index contributed by atoms with van der Waals surface area (Å²) in [6.07, 6.45) is 1.96. The third-order valence-corrected chi connectivity index (χ3v) is 10.8. The lowest BCUT2D eigenvalue weighted by atomic mass is 9.73. The first-order valence-corrected chi connectivity index (χ1v) is 14.6. The summed E-state index contributed by atoms with van der Waals surface area (Å²) in [5.74, 6) is 2.01. The van der Waals surface area contributed by atoms with Crippen LogP contribution in [0, 0.1) is 18.8 Å². The van der Waals surface area contributed by atoms with Gasteiger partial charge in [-0.25, -0.2) is 0 Å². The zero-order valence-electron chi connectivity index (χ0n) is 21.4. The molecule has 0 radical (unpaired) electrons. The SMILES string of the molecule is Cc1cccc2c1O[C@]13Oc4c(cccc4P(c4ccccc4)c4ccccc4)C[C@H]1CN(C)C[C@@H]3C2. The quantitative estimate of drug-likeness (QED) is 0.358. The van der Waals surface area contributed by atoms with Crippen molar-refractivity contribution >= 4 is 23.8 Å². The highest BCUT2D eigenvalue weighted by Gasteiger charge is 2.58. The van der Waals surface area contributed by atoms with Gasteiger partial charge in [-0.1, -0.05) is 97.1 Å². The standard InChI is InChI=1S/C33H32NO2P/c1-23-11-9-12-24-19-26-21-34(2)22-27-20-25-13-10-18-30(32(25)36-33(26,27)35-31(23)24)37(28-14-5-3-6-15-28)29-16-7-4-8-17-29/h3-18,26-27H,19-22H2,1-2H3/t26-,27-,33+/m0/s1. The van der Waals surface area contributed by atoms with Crippen LogP contribution in [0.1, 0.15) is 16.7 Å². The van der Waals surface area contributed by atoms with E-state index in [9.17, 15) is 0 Å². The van der Waals surface area contributed by atoms with Crippen LogP contribution in [0.25, 0.3) is 0 Å². The number of hydrogen-bond donors (Lipinski definition) is 0. The molecule has 3 heterocycles. The molecule has 0 saturated carbocycles. The van der Waals surface area contributed by atoms with Gasteiger partial charge in [0.25, 0.3) is 5.79 Å². The van der Waals surface area contributed by atoms with Gasteiger partial charge in [0.1, 0.15) is 11.5 Å². The summed E-state index contributed by atoms with van der Waals surface area (Å²) < 4.78 is 14.4. The Balaban J connectivity index is 1.39. The van der Waals surface area contributed by atoms with E-state index in [2.05, 4.69) is 116 Å². The third kappa shape index (κ3) is 3.79. The number of para-hydroxylation sites is 2. The first-order chi connectivity index (χ1) is 18.1. The minimum absolute atomic E-state index is 0.284. The van der Waals surface area contributed by atoms with Crippen LogP contribution in [-0.4, -0.2) is 30.8 Å². The Labute approximate surface area is 220 Å². The summed E-state index contributed by atoms with van der Waals surface area (Å²) in [7, 11) is 1.47. The number of piperidine rings is 1. The van der Waals surface area contributed by atoms with E-state index < -0.39 is 13.7 Å². The van der Waals surface area contributed by atoms with E-state index in [1.807, 2.05) is 0 Å². The summed E-state index contributed by atoms with van der Waals surface area (Å²) in [5.41, 5.74) is 3.81. The van der Waals surface area contributed by atoms with Gasteiger partial charge in [-0.2, -0.15) is 0 Å². The maximum Gasteiger partial charge on any atom is 0.259 e. The molecule has 3 aliphatic rings. The number of ether oxygens (including phenoxy) is 2. The van der Waals surface area contributed by atoms with E-state index in [1.165, 1.54) is 32.6 Å². The molecular formula is C33H32NO2P. The number of nitrogens with zero attached hydrogens (tertiary/aromatic N) is 1. The van der Waals surface area contributed by atoms with E-state index >= 15 is 0 Å². The summed E-state index contributed by atoms with van der Waals surface area (Å²) in [4.78, 5) is 2.47. The van der Waals surface area contributed by atoms with Gasteiger partial charge in [-0.3, -0.25) is 0 Å². The maximum atomic E-state index is 7.31. The normalized spacial score (nSPS) is 24.2. The van der Waals surface area contributed by atoms with E-state index in [0.29, 0.717) is 0 Å². The van der Waals surface area contributed by atoms with Crippen molar-refractivity contribution in [1.82, 2.24) is 4.90 Å². The fraction of sp³-hybridized carbons (Fsp3) is 0.273. The average molecular weight is 506 g/mol. The van der Waals surface area contributed by atoms with Crippen molar-refractivity contribution < 1.29 is 9.47 Å². The van der Waals surface area contributed by atoms with Crippen molar-refractivity contribution in [2.45, 2.75) is 25.6 Å². The van der Waals surface area contributed by atoms with Gasteiger partial charge in [-0.05, 0) is 62.0 Å². The lowest BCUT2D eigenvalue weighted by Crippen LogP contribution is -2.67. The van der Waals surface area contributed by atoms with Gasteiger partial charge in [-0.15, -0.1) is 0 Å². The van der Waals surface area contributed by atoms with Crippen molar-refractivity contribution in [3.63, 3.8) is 0 Å². The lowest BCUT2D eigenvalue weighted by molar-refractivity contribution is -0.234. The topological polar surface area (TPSA) is 21.7 Å². The molecule has 0 bridgehead atoms. The Bertz CT molecular complexity index is 1400. The number of aryl methyl sites for hydroxylation is 1. The van der Waals surface area contributed by atoms with Gasteiger partial charge in [0.15, 0.2) is 0 Å². The molecule has 4 aromatic rings. The fourth-order valence-electron chi connectivity index (χ4n) is 6.66. The highest BCUT2D eigenvalue weighted by Crippen LogP contribution is 2.51. The van der Waals surface area contributed by atoms with E-state index in [-0.39, 0.29) is 11.8 Å². The molecule has 1 fully saturated rings. The van der Waals surface area contributed by atoms with E-state index in [4.69, 9.17) is 9.47 Å². The zero-order valence-corrected chi connectivity index (χ0v) is 22.3. The number of likely N-dealkylation sites (tertiary alicyclic amines) is 1. The van der Waals surface area contributed by atoms with Crippen molar-refractivity contribution in [1.29, 1.82) is 0 Å². The molecule has 3 nitrogen and oxygen atoms in total. The van der Waals surface area contributed by atoms with Crippen LogP contribution in [0.4, 0.5) is 0 Å². The number of fused-ring (bicyclic) bond motifs is 2. The van der Waals surface area contributed by atoms with Crippen molar-refractivity contribution in [2.75, 3.05) is 20.1 Å². The molecule has 1 saturated heterocycles. The fourth-order valence-corrected chi connectivity index (χ4v) is 9.08. The molecular weight excluding hydrogens is 473 g/mol. The maximum absolute atomic E-state index is 7.31. The second-order valence-electron chi connectivity index (χ2n) is 10.8. The van der Waals surface area contributed by atoms with E-state index in [1.54, 1.807) is 0 Å². The highest BCUT2D eigenvalue weighted by atomic mass is 31.1. The summed E-state index contributed by atoms with van der Waals surface area (Å²) in [6, 6.07) is 35.1. The predicted octanol–water partition coefficient (Wildman–Crippen LogP) is 5.20.